The van der Waals surface area contributed by atoms with Crippen LogP contribution in [0.15, 0.2) is 77.7 Å². The molecule has 39 heavy (non-hydrogen) atoms. The van der Waals surface area contributed by atoms with Gasteiger partial charge in [0.25, 0.3) is 10.0 Å². The lowest BCUT2D eigenvalue weighted by Crippen LogP contribution is -2.52. The number of nitrogens with one attached hydrogen (secondary N) is 1. The van der Waals surface area contributed by atoms with Gasteiger partial charge in [0.2, 0.25) is 11.8 Å². The van der Waals surface area contributed by atoms with E-state index in [9.17, 15) is 18.0 Å². The number of hydrogen-bond donors (Lipinski definition) is 1. The number of carbonyl (C=O) groups is 2. The molecule has 0 spiro atoms. The van der Waals surface area contributed by atoms with Crippen molar-refractivity contribution in [3.8, 4) is 0 Å². The molecule has 3 aromatic rings. The molecule has 0 saturated heterocycles. The summed E-state index contributed by atoms with van der Waals surface area (Å²) in [6.45, 7) is 6.74. The minimum Gasteiger partial charge on any atom is -0.352 e. The first-order valence-corrected chi connectivity index (χ1v) is 14.8. The third-order valence-electron chi connectivity index (χ3n) is 6.42. The molecule has 3 aromatic carbocycles. The standard InChI is InChI=1S/C29H33Cl2N3O4S/c1-5-21(3)32-29(36)22(4)33(18-23-14-15-24(30)17-27(23)31)28(35)19-34(25-11-9-10-20(2)16-25)39(37,38)26-12-7-6-8-13-26/h6-17,21-22H,5,18-19H2,1-4H3,(H,32,36)/t21-,22-/m0/s1. The number of rotatable bonds is 11. The van der Waals surface area contributed by atoms with Crippen LogP contribution in [0, 0.1) is 6.92 Å². The Hall–Kier alpha value is -3.07. The zero-order chi connectivity index (χ0) is 28.7. The van der Waals surface area contributed by atoms with E-state index in [2.05, 4.69) is 5.32 Å². The van der Waals surface area contributed by atoms with Crippen LogP contribution < -0.4 is 9.62 Å². The van der Waals surface area contributed by atoms with Crippen LogP contribution in [-0.4, -0.2) is 43.8 Å². The Morgan fingerprint density at radius 1 is 0.949 bits per heavy atom. The molecule has 0 aliphatic carbocycles. The Morgan fingerprint density at radius 3 is 2.26 bits per heavy atom. The van der Waals surface area contributed by atoms with Crippen LogP contribution in [0.3, 0.4) is 0 Å². The van der Waals surface area contributed by atoms with Gasteiger partial charge in [0.05, 0.1) is 10.6 Å². The lowest BCUT2D eigenvalue weighted by Gasteiger charge is -2.32. The summed E-state index contributed by atoms with van der Waals surface area (Å²) >= 11 is 12.5. The van der Waals surface area contributed by atoms with Gasteiger partial charge in [-0.2, -0.15) is 0 Å². The molecule has 0 fully saturated rings. The van der Waals surface area contributed by atoms with Crippen molar-refractivity contribution in [2.24, 2.45) is 0 Å². The average Bonchev–Trinajstić information content (AvgIpc) is 2.91. The molecule has 1 N–H and O–H groups in total. The van der Waals surface area contributed by atoms with Gasteiger partial charge in [-0.3, -0.25) is 13.9 Å². The monoisotopic (exact) mass is 589 g/mol. The van der Waals surface area contributed by atoms with Crippen molar-refractivity contribution < 1.29 is 18.0 Å². The predicted molar refractivity (Wildman–Crippen MR) is 157 cm³/mol. The second kappa shape index (κ2) is 13.3. The number of amides is 2. The topological polar surface area (TPSA) is 86.8 Å². The molecule has 0 aromatic heterocycles. The Balaban J connectivity index is 2.04. The van der Waals surface area contributed by atoms with E-state index < -0.39 is 28.5 Å². The number of aryl methyl sites for hydroxylation is 1. The lowest BCUT2D eigenvalue weighted by atomic mass is 10.1. The SMILES string of the molecule is CC[C@H](C)NC(=O)[C@H](C)N(Cc1ccc(Cl)cc1Cl)C(=O)CN(c1cccc(C)c1)S(=O)(=O)c1ccccc1. The van der Waals surface area contributed by atoms with Crippen molar-refractivity contribution in [3.05, 3.63) is 94.0 Å². The molecule has 0 aliphatic heterocycles. The van der Waals surface area contributed by atoms with Crippen LogP contribution in [-0.2, 0) is 26.2 Å². The summed E-state index contributed by atoms with van der Waals surface area (Å²) in [5.74, 6) is -0.912. The number of halogens is 2. The molecule has 3 rings (SSSR count). The Bertz CT molecular complexity index is 1420. The quantitative estimate of drug-likeness (QED) is 0.305. The maximum Gasteiger partial charge on any atom is 0.264 e. The summed E-state index contributed by atoms with van der Waals surface area (Å²) in [4.78, 5) is 28.5. The lowest BCUT2D eigenvalue weighted by molar-refractivity contribution is -0.139. The highest BCUT2D eigenvalue weighted by molar-refractivity contribution is 7.92. The average molecular weight is 591 g/mol. The maximum absolute atomic E-state index is 13.9. The zero-order valence-electron chi connectivity index (χ0n) is 22.4. The number of sulfonamides is 1. The van der Waals surface area contributed by atoms with Gasteiger partial charge in [-0.15, -0.1) is 0 Å². The highest BCUT2D eigenvalue weighted by Gasteiger charge is 2.33. The highest BCUT2D eigenvalue weighted by Crippen LogP contribution is 2.27. The van der Waals surface area contributed by atoms with Gasteiger partial charge in [0.1, 0.15) is 12.6 Å². The van der Waals surface area contributed by atoms with Crippen LogP contribution >= 0.6 is 23.2 Å². The van der Waals surface area contributed by atoms with Gasteiger partial charge >= 0.3 is 0 Å². The molecule has 208 valence electrons. The molecule has 0 unspecified atom stereocenters. The van der Waals surface area contributed by atoms with E-state index in [1.54, 1.807) is 61.5 Å². The summed E-state index contributed by atoms with van der Waals surface area (Å²) < 4.78 is 28.6. The molecule has 2 amide bonds. The van der Waals surface area contributed by atoms with Gasteiger partial charge in [0.15, 0.2) is 0 Å². The first-order valence-electron chi connectivity index (χ1n) is 12.6. The first kappa shape index (κ1) is 30.5. The fourth-order valence-corrected chi connectivity index (χ4v) is 5.81. The van der Waals surface area contributed by atoms with Crippen LogP contribution in [0.1, 0.15) is 38.3 Å². The van der Waals surface area contributed by atoms with Gasteiger partial charge in [-0.1, -0.05) is 66.5 Å². The third kappa shape index (κ3) is 7.75. The Morgan fingerprint density at radius 2 is 1.64 bits per heavy atom. The fourth-order valence-electron chi connectivity index (χ4n) is 3.91. The summed E-state index contributed by atoms with van der Waals surface area (Å²) in [5.41, 5.74) is 1.75. The number of carbonyl (C=O) groups excluding carboxylic acids is 2. The number of benzene rings is 3. The summed E-state index contributed by atoms with van der Waals surface area (Å²) in [5, 5.41) is 3.67. The van der Waals surface area contributed by atoms with Gasteiger partial charge in [-0.25, -0.2) is 8.42 Å². The Labute approximate surface area is 240 Å². The third-order valence-corrected chi connectivity index (χ3v) is 8.80. The number of nitrogens with zero attached hydrogens (tertiary/aromatic N) is 2. The largest absolute Gasteiger partial charge is 0.352 e. The van der Waals surface area contributed by atoms with E-state index in [0.717, 1.165) is 9.87 Å². The summed E-state index contributed by atoms with van der Waals surface area (Å²) in [7, 11) is -4.11. The number of hydrogen-bond acceptors (Lipinski definition) is 4. The van der Waals surface area contributed by atoms with Crippen LogP contribution in [0.25, 0.3) is 0 Å². The van der Waals surface area contributed by atoms with Crippen molar-refractivity contribution in [1.29, 1.82) is 0 Å². The smallest absolute Gasteiger partial charge is 0.264 e. The van der Waals surface area contributed by atoms with Crippen molar-refractivity contribution >= 4 is 50.7 Å². The van der Waals surface area contributed by atoms with Crippen molar-refractivity contribution in [2.45, 2.75) is 57.6 Å². The van der Waals surface area contributed by atoms with Crippen LogP contribution in [0.2, 0.25) is 10.0 Å². The van der Waals surface area contributed by atoms with E-state index in [1.165, 1.54) is 17.0 Å². The summed E-state index contributed by atoms with van der Waals surface area (Å²) in [6, 6.07) is 18.7. The fraction of sp³-hybridized carbons (Fsp3) is 0.310. The van der Waals surface area contributed by atoms with E-state index in [-0.39, 0.29) is 23.4 Å². The van der Waals surface area contributed by atoms with Gasteiger partial charge in [-0.05, 0) is 74.7 Å². The van der Waals surface area contributed by atoms with Crippen molar-refractivity contribution in [2.75, 3.05) is 10.8 Å². The van der Waals surface area contributed by atoms with Crippen molar-refractivity contribution in [1.82, 2.24) is 10.2 Å². The predicted octanol–water partition coefficient (Wildman–Crippen LogP) is 5.83. The zero-order valence-corrected chi connectivity index (χ0v) is 24.7. The first-order chi connectivity index (χ1) is 18.4. The van der Waals surface area contributed by atoms with Crippen LogP contribution in [0.5, 0.6) is 0 Å². The minimum atomic E-state index is -4.11. The van der Waals surface area contributed by atoms with Gasteiger partial charge < -0.3 is 10.2 Å². The number of anilines is 1. The van der Waals surface area contributed by atoms with Gasteiger partial charge in [0, 0.05) is 22.6 Å². The molecular formula is C29H33Cl2N3O4S. The molecule has 0 aliphatic rings. The van der Waals surface area contributed by atoms with Crippen molar-refractivity contribution in [3.63, 3.8) is 0 Å². The second-order valence-corrected chi connectivity index (χ2v) is 12.1. The van der Waals surface area contributed by atoms with E-state index in [1.807, 2.05) is 26.8 Å². The van der Waals surface area contributed by atoms with E-state index in [0.29, 0.717) is 27.7 Å². The molecule has 7 nitrogen and oxygen atoms in total. The minimum absolute atomic E-state index is 0.0169. The molecule has 2 atom stereocenters. The molecule has 0 radical (unpaired) electrons. The molecule has 0 bridgehead atoms. The van der Waals surface area contributed by atoms with E-state index in [4.69, 9.17) is 23.2 Å². The normalized spacial score (nSPS) is 12.9. The Kier molecular flexibility index (Phi) is 10.4. The molecule has 10 heteroatoms. The molecule has 0 heterocycles. The highest BCUT2D eigenvalue weighted by atomic mass is 35.5. The van der Waals surface area contributed by atoms with E-state index >= 15 is 0 Å². The second-order valence-electron chi connectivity index (χ2n) is 9.41. The molecular weight excluding hydrogens is 557 g/mol. The maximum atomic E-state index is 13.9. The van der Waals surface area contributed by atoms with Crippen LogP contribution in [0.4, 0.5) is 5.69 Å². The summed E-state index contributed by atoms with van der Waals surface area (Å²) in [6.07, 6.45) is 0.714. The molecule has 0 saturated carbocycles.